The second-order valence-corrected chi connectivity index (χ2v) is 5.24. The van der Waals surface area contributed by atoms with Gasteiger partial charge in [0.05, 0.1) is 0 Å². The first-order chi connectivity index (χ1) is 9.88. The fourth-order valence-corrected chi connectivity index (χ4v) is 2.80. The van der Waals surface area contributed by atoms with E-state index in [1.54, 1.807) is 0 Å². The smallest absolute Gasteiger partial charge is 0.0458 e. The van der Waals surface area contributed by atoms with Gasteiger partial charge >= 0.3 is 0 Å². The van der Waals surface area contributed by atoms with Gasteiger partial charge in [-0.05, 0) is 46.7 Å². The fraction of sp³-hybridized carbons (Fsp3) is 0.0526. The zero-order valence-electron chi connectivity index (χ0n) is 11.1. The lowest BCUT2D eigenvalue weighted by molar-refractivity contribution is 1.25. The molecule has 3 aromatic rings. The minimum absolute atomic E-state index is 1.03. The second kappa shape index (κ2) is 4.53. The first-order valence-corrected chi connectivity index (χ1v) is 6.93. The Morgan fingerprint density at radius 2 is 1.75 bits per heavy atom. The van der Waals surface area contributed by atoms with Crippen LogP contribution in [-0.2, 0) is 6.42 Å². The Hall–Kier alpha value is -2.54. The van der Waals surface area contributed by atoms with Crippen LogP contribution in [-0.4, -0.2) is 4.98 Å². The van der Waals surface area contributed by atoms with E-state index in [-0.39, 0.29) is 0 Å². The quantitative estimate of drug-likeness (QED) is 0.677. The van der Waals surface area contributed by atoms with Crippen molar-refractivity contribution < 1.29 is 0 Å². The van der Waals surface area contributed by atoms with Gasteiger partial charge in [0.2, 0.25) is 0 Å². The molecule has 20 heavy (non-hydrogen) atoms. The van der Waals surface area contributed by atoms with Gasteiger partial charge in [-0.15, -0.1) is 0 Å². The van der Waals surface area contributed by atoms with Crippen molar-refractivity contribution in [1.82, 2.24) is 4.98 Å². The Balaban J connectivity index is 1.61. The number of aromatic nitrogens is 1. The molecular weight excluding hydrogens is 242 g/mol. The van der Waals surface area contributed by atoms with Gasteiger partial charge < -0.3 is 4.98 Å². The zero-order chi connectivity index (χ0) is 13.4. The molecule has 0 atom stereocenters. The van der Waals surface area contributed by atoms with Crippen molar-refractivity contribution in [2.45, 2.75) is 6.42 Å². The Morgan fingerprint density at radius 3 is 2.65 bits per heavy atom. The molecule has 1 N–H and O–H groups in total. The highest BCUT2D eigenvalue weighted by atomic mass is 14.7. The Kier molecular flexibility index (Phi) is 2.56. The number of nitrogens with one attached hydrogen (secondary N) is 1. The Bertz CT molecular complexity index is 801. The van der Waals surface area contributed by atoms with Crippen LogP contribution >= 0.6 is 0 Å². The van der Waals surface area contributed by atoms with Crippen molar-refractivity contribution in [2.24, 2.45) is 0 Å². The number of rotatable bonds is 2. The van der Waals surface area contributed by atoms with Crippen LogP contribution in [0.3, 0.4) is 0 Å². The monoisotopic (exact) mass is 257 g/mol. The fourth-order valence-electron chi connectivity index (χ4n) is 2.80. The van der Waals surface area contributed by atoms with E-state index in [0.717, 1.165) is 12.1 Å². The van der Waals surface area contributed by atoms with Gasteiger partial charge in [-0.3, -0.25) is 0 Å². The van der Waals surface area contributed by atoms with Crippen molar-refractivity contribution in [2.75, 3.05) is 0 Å². The molecule has 0 saturated heterocycles. The lowest BCUT2D eigenvalue weighted by Gasteiger charge is -1.95. The summed E-state index contributed by atoms with van der Waals surface area (Å²) in [7, 11) is 0. The van der Waals surface area contributed by atoms with E-state index >= 15 is 0 Å². The van der Waals surface area contributed by atoms with Gasteiger partial charge in [0.25, 0.3) is 0 Å². The van der Waals surface area contributed by atoms with Gasteiger partial charge in [0.1, 0.15) is 0 Å². The summed E-state index contributed by atoms with van der Waals surface area (Å²) in [5.41, 5.74) is 6.48. The van der Waals surface area contributed by atoms with Gasteiger partial charge in [-0.25, -0.2) is 0 Å². The largest absolute Gasteiger partial charge is 0.355 e. The molecule has 0 bridgehead atoms. The summed E-state index contributed by atoms with van der Waals surface area (Å²) in [4.78, 5) is 3.43. The molecule has 96 valence electrons. The van der Waals surface area contributed by atoms with Crippen molar-refractivity contribution >= 4 is 23.1 Å². The lowest BCUT2D eigenvalue weighted by Crippen LogP contribution is -1.81. The third-order valence-electron chi connectivity index (χ3n) is 3.82. The summed E-state index contributed by atoms with van der Waals surface area (Å²) >= 11 is 0. The normalized spacial score (nSPS) is 13.9. The molecule has 0 aliphatic heterocycles. The summed E-state index contributed by atoms with van der Waals surface area (Å²) in [6, 6.07) is 19.1. The maximum atomic E-state index is 3.43. The molecule has 0 amide bonds. The number of benzene rings is 2. The van der Waals surface area contributed by atoms with Crippen LogP contribution in [0, 0.1) is 0 Å². The number of para-hydroxylation sites is 1. The first-order valence-electron chi connectivity index (χ1n) is 6.93. The van der Waals surface area contributed by atoms with Gasteiger partial charge in [-0.2, -0.15) is 0 Å². The Morgan fingerprint density at radius 1 is 0.900 bits per heavy atom. The van der Waals surface area contributed by atoms with Gasteiger partial charge in [0.15, 0.2) is 0 Å². The maximum absolute atomic E-state index is 3.43. The van der Waals surface area contributed by atoms with Crippen LogP contribution in [0.15, 0.2) is 66.2 Å². The van der Waals surface area contributed by atoms with E-state index in [1.807, 2.05) is 0 Å². The van der Waals surface area contributed by atoms with Crippen LogP contribution in [0.5, 0.6) is 0 Å². The molecule has 1 aliphatic rings. The SMILES string of the molecule is C1=C(/C=C/c2cc3ccccc3[nH]2)Cc2ccccc21. The first kappa shape index (κ1) is 11.3. The molecule has 0 spiro atoms. The van der Waals surface area contributed by atoms with E-state index < -0.39 is 0 Å². The molecule has 0 saturated carbocycles. The summed E-state index contributed by atoms with van der Waals surface area (Å²) in [5.74, 6) is 0. The van der Waals surface area contributed by atoms with Crippen molar-refractivity contribution in [1.29, 1.82) is 0 Å². The molecule has 1 heteroatoms. The summed E-state index contributed by atoms with van der Waals surface area (Å²) < 4.78 is 0. The third kappa shape index (κ3) is 1.97. The molecule has 0 fully saturated rings. The molecule has 1 heterocycles. The summed E-state index contributed by atoms with van der Waals surface area (Å²) in [6.07, 6.45) is 7.68. The van der Waals surface area contributed by atoms with Crippen LogP contribution in [0.4, 0.5) is 0 Å². The molecule has 1 aromatic heterocycles. The van der Waals surface area contributed by atoms with Crippen LogP contribution in [0.1, 0.15) is 16.8 Å². The average Bonchev–Trinajstić information content (AvgIpc) is 3.07. The predicted molar refractivity (Wildman–Crippen MR) is 85.5 cm³/mol. The standard InChI is InChI=1S/C19H15N/c1-2-6-16-12-14(11-15(16)5-1)9-10-18-13-17-7-3-4-8-19(17)20-18/h1-11,13,20H,12H2/b10-9+. The van der Waals surface area contributed by atoms with Crippen molar-refractivity contribution in [3.63, 3.8) is 0 Å². The number of allylic oxidation sites excluding steroid dienone is 2. The predicted octanol–water partition coefficient (Wildman–Crippen LogP) is 4.82. The van der Waals surface area contributed by atoms with E-state index in [1.165, 1.54) is 27.6 Å². The van der Waals surface area contributed by atoms with Gasteiger partial charge in [-0.1, -0.05) is 54.6 Å². The van der Waals surface area contributed by atoms with Crippen LogP contribution in [0.2, 0.25) is 0 Å². The molecule has 1 nitrogen and oxygen atoms in total. The summed E-state index contributed by atoms with van der Waals surface area (Å²) in [6.45, 7) is 0. The number of fused-ring (bicyclic) bond motifs is 2. The molecule has 0 unspecified atom stereocenters. The van der Waals surface area contributed by atoms with E-state index in [4.69, 9.17) is 0 Å². The van der Waals surface area contributed by atoms with E-state index in [2.05, 4.69) is 77.8 Å². The number of H-pyrrole nitrogens is 1. The highest BCUT2D eigenvalue weighted by molar-refractivity contribution is 5.83. The van der Waals surface area contributed by atoms with Crippen LogP contribution < -0.4 is 0 Å². The van der Waals surface area contributed by atoms with E-state index in [0.29, 0.717) is 0 Å². The average molecular weight is 257 g/mol. The minimum Gasteiger partial charge on any atom is -0.355 e. The Labute approximate surface area is 118 Å². The zero-order valence-corrected chi connectivity index (χ0v) is 11.1. The maximum Gasteiger partial charge on any atom is 0.0458 e. The third-order valence-corrected chi connectivity index (χ3v) is 3.82. The molecular formula is C19H15N. The summed E-state index contributed by atoms with van der Waals surface area (Å²) in [5, 5.41) is 1.26. The van der Waals surface area contributed by atoms with Crippen molar-refractivity contribution in [3.8, 4) is 0 Å². The van der Waals surface area contributed by atoms with E-state index in [9.17, 15) is 0 Å². The topological polar surface area (TPSA) is 15.8 Å². The number of hydrogen-bond donors (Lipinski definition) is 1. The minimum atomic E-state index is 1.03. The lowest BCUT2D eigenvalue weighted by atomic mass is 10.1. The van der Waals surface area contributed by atoms with Crippen molar-refractivity contribution in [3.05, 3.63) is 83.1 Å². The van der Waals surface area contributed by atoms with Crippen LogP contribution in [0.25, 0.3) is 23.1 Å². The molecule has 1 aliphatic carbocycles. The molecule has 4 rings (SSSR count). The molecule has 0 radical (unpaired) electrons. The highest BCUT2D eigenvalue weighted by Crippen LogP contribution is 2.26. The molecule has 2 aromatic carbocycles. The van der Waals surface area contributed by atoms with Gasteiger partial charge in [0, 0.05) is 11.2 Å². The number of hydrogen-bond acceptors (Lipinski definition) is 0. The number of aromatic amines is 1. The highest BCUT2D eigenvalue weighted by Gasteiger charge is 2.09. The second-order valence-electron chi connectivity index (χ2n) is 5.24.